The molecule has 4 heteroatoms. The molecule has 6 aromatic carbocycles. The van der Waals surface area contributed by atoms with E-state index in [1.54, 1.807) is 0 Å². The molecule has 0 aliphatic heterocycles. The van der Waals surface area contributed by atoms with Crippen LogP contribution in [0, 0.1) is 5.92 Å². The molecule has 0 saturated carbocycles. The van der Waals surface area contributed by atoms with Crippen molar-refractivity contribution in [1.82, 2.24) is 9.55 Å². The second-order valence-electron chi connectivity index (χ2n) is 13.4. The summed E-state index contributed by atoms with van der Waals surface area (Å²) < 4.78 is 15.6. The zero-order valence-corrected chi connectivity index (χ0v) is 27.5. The molecule has 4 nitrogen and oxygen atoms in total. The summed E-state index contributed by atoms with van der Waals surface area (Å²) in [7, 11) is 0. The van der Waals surface area contributed by atoms with Crippen LogP contribution in [0.1, 0.15) is 22.7 Å². The standard InChI is InChI=1S/C47H30N2O2/c1-3-13-29(14-4-1)37-27-39-34-18-9-11-21-41(34)49(44(39)35-19-8-7-17-33(35)37)32-25-23-31(24-26-32)47-48-40-28-38(30-15-5-2-6-16-30)45-43(46(40)51-47)36-20-10-12-22-42(36)50-45/h1-28,33,35H. The second-order valence-corrected chi connectivity index (χ2v) is 13.4. The summed E-state index contributed by atoms with van der Waals surface area (Å²) in [4.78, 5) is 5.07. The Morgan fingerprint density at radius 3 is 2.06 bits per heavy atom. The lowest BCUT2D eigenvalue weighted by atomic mass is 9.73. The molecule has 3 heterocycles. The number of fused-ring (bicyclic) bond motifs is 10. The van der Waals surface area contributed by atoms with Crippen molar-refractivity contribution in [2.24, 2.45) is 5.92 Å². The maximum absolute atomic E-state index is 6.64. The molecule has 0 saturated heterocycles. The molecule has 0 radical (unpaired) electrons. The van der Waals surface area contributed by atoms with Gasteiger partial charge in [0.1, 0.15) is 16.7 Å². The maximum Gasteiger partial charge on any atom is 0.227 e. The Labute approximate surface area is 293 Å². The van der Waals surface area contributed by atoms with Crippen LogP contribution >= 0.6 is 0 Å². The molecule has 2 atom stereocenters. The highest BCUT2D eigenvalue weighted by Crippen LogP contribution is 2.50. The smallest absolute Gasteiger partial charge is 0.227 e. The molecule has 0 fully saturated rings. The van der Waals surface area contributed by atoms with E-state index in [1.165, 1.54) is 33.3 Å². The summed E-state index contributed by atoms with van der Waals surface area (Å²) >= 11 is 0. The van der Waals surface area contributed by atoms with Crippen molar-refractivity contribution in [2.45, 2.75) is 5.92 Å². The van der Waals surface area contributed by atoms with E-state index in [-0.39, 0.29) is 11.8 Å². The quantitative estimate of drug-likeness (QED) is 0.190. The molecule has 9 aromatic rings. The number of furan rings is 1. The minimum Gasteiger partial charge on any atom is -0.455 e. The fourth-order valence-corrected chi connectivity index (χ4v) is 8.35. The summed E-state index contributed by atoms with van der Waals surface area (Å²) in [5.74, 6) is 1.05. The molecule has 2 aliphatic carbocycles. The molecule has 51 heavy (non-hydrogen) atoms. The van der Waals surface area contributed by atoms with Crippen molar-refractivity contribution in [3.05, 3.63) is 181 Å². The number of allylic oxidation sites excluding steroid dienone is 5. The van der Waals surface area contributed by atoms with Gasteiger partial charge in [-0.2, -0.15) is 0 Å². The van der Waals surface area contributed by atoms with Crippen molar-refractivity contribution < 1.29 is 8.83 Å². The second kappa shape index (κ2) is 10.9. The van der Waals surface area contributed by atoms with E-state index in [2.05, 4.69) is 150 Å². The molecule has 2 unspecified atom stereocenters. The Balaban J connectivity index is 1.07. The first-order valence-corrected chi connectivity index (χ1v) is 17.5. The molecule has 0 spiro atoms. The van der Waals surface area contributed by atoms with Gasteiger partial charge in [0.05, 0.1) is 10.9 Å². The van der Waals surface area contributed by atoms with Gasteiger partial charge in [-0.05, 0) is 65.2 Å². The lowest BCUT2D eigenvalue weighted by Gasteiger charge is -2.32. The van der Waals surface area contributed by atoms with E-state index in [9.17, 15) is 0 Å². The van der Waals surface area contributed by atoms with Crippen molar-refractivity contribution in [3.8, 4) is 28.3 Å². The summed E-state index contributed by atoms with van der Waals surface area (Å²) in [6.45, 7) is 0. The lowest BCUT2D eigenvalue weighted by molar-refractivity contribution is 0.622. The Morgan fingerprint density at radius 2 is 1.25 bits per heavy atom. The van der Waals surface area contributed by atoms with Crippen LogP contribution in [0.2, 0.25) is 0 Å². The van der Waals surface area contributed by atoms with Gasteiger partial charge in [0.25, 0.3) is 0 Å². The Hall–Kier alpha value is -6.65. The Morgan fingerprint density at radius 1 is 0.569 bits per heavy atom. The van der Waals surface area contributed by atoms with Gasteiger partial charge < -0.3 is 13.4 Å². The fraction of sp³-hybridized carbons (Fsp3) is 0.0426. The normalized spacial score (nSPS) is 16.6. The van der Waals surface area contributed by atoms with Gasteiger partial charge in [0.15, 0.2) is 5.58 Å². The van der Waals surface area contributed by atoms with Crippen molar-refractivity contribution in [1.29, 1.82) is 0 Å². The zero-order valence-electron chi connectivity index (χ0n) is 27.5. The predicted molar refractivity (Wildman–Crippen MR) is 208 cm³/mol. The lowest BCUT2D eigenvalue weighted by Crippen LogP contribution is -2.20. The highest BCUT2D eigenvalue weighted by Gasteiger charge is 2.35. The van der Waals surface area contributed by atoms with E-state index in [0.717, 1.165) is 55.4 Å². The van der Waals surface area contributed by atoms with Gasteiger partial charge in [-0.15, -0.1) is 0 Å². The SMILES string of the molecule is C1=CC2C(c3ccccc3)=Cc3c(n(-c4ccc(-c5nc6cc(-c7ccccc7)c7oc8ccccc8c7c6o5)cc4)c4ccccc34)C2C=C1. The van der Waals surface area contributed by atoms with Gasteiger partial charge in [-0.1, -0.05) is 121 Å². The van der Waals surface area contributed by atoms with Gasteiger partial charge in [-0.3, -0.25) is 0 Å². The number of oxazole rings is 1. The van der Waals surface area contributed by atoms with E-state index >= 15 is 0 Å². The van der Waals surface area contributed by atoms with Gasteiger partial charge in [0.2, 0.25) is 5.89 Å². The number of nitrogens with zero attached hydrogens (tertiary/aromatic N) is 2. The summed E-state index contributed by atoms with van der Waals surface area (Å²) in [5, 5.41) is 3.23. The van der Waals surface area contributed by atoms with Crippen LogP contribution in [0.15, 0.2) is 173 Å². The largest absolute Gasteiger partial charge is 0.455 e. The fourth-order valence-electron chi connectivity index (χ4n) is 8.35. The predicted octanol–water partition coefficient (Wildman–Crippen LogP) is 12.4. The number of hydrogen-bond acceptors (Lipinski definition) is 3. The monoisotopic (exact) mass is 654 g/mol. The van der Waals surface area contributed by atoms with E-state index in [4.69, 9.17) is 13.8 Å². The first-order valence-electron chi connectivity index (χ1n) is 17.5. The van der Waals surface area contributed by atoms with Gasteiger partial charge >= 0.3 is 0 Å². The third kappa shape index (κ3) is 4.23. The maximum atomic E-state index is 6.64. The van der Waals surface area contributed by atoms with Crippen LogP contribution < -0.4 is 0 Å². The first kappa shape index (κ1) is 28.2. The Bertz CT molecular complexity index is 2900. The van der Waals surface area contributed by atoms with E-state index < -0.39 is 0 Å². The molecule has 240 valence electrons. The van der Waals surface area contributed by atoms with Crippen LogP contribution in [0.5, 0.6) is 0 Å². The highest BCUT2D eigenvalue weighted by atomic mass is 16.4. The molecule has 11 rings (SSSR count). The first-order chi connectivity index (χ1) is 25.3. The zero-order chi connectivity index (χ0) is 33.5. The number of rotatable bonds is 4. The van der Waals surface area contributed by atoms with Crippen molar-refractivity contribution in [3.63, 3.8) is 0 Å². The summed E-state index contributed by atoms with van der Waals surface area (Å²) in [6.07, 6.45) is 11.5. The minimum atomic E-state index is 0.209. The molecule has 2 aliphatic rings. The van der Waals surface area contributed by atoms with E-state index in [0.29, 0.717) is 5.89 Å². The van der Waals surface area contributed by atoms with Crippen LogP contribution in [-0.2, 0) is 0 Å². The van der Waals surface area contributed by atoms with Gasteiger partial charge in [-0.25, -0.2) is 4.98 Å². The summed E-state index contributed by atoms with van der Waals surface area (Å²) in [5.41, 5.74) is 13.7. The topological polar surface area (TPSA) is 44.1 Å². The highest BCUT2D eigenvalue weighted by molar-refractivity contribution is 6.20. The average Bonchev–Trinajstić information content (AvgIpc) is 3.90. The third-order valence-corrected chi connectivity index (χ3v) is 10.6. The number of benzene rings is 6. The van der Waals surface area contributed by atoms with Crippen molar-refractivity contribution in [2.75, 3.05) is 0 Å². The molecular formula is C47H30N2O2. The molecule has 0 N–H and O–H groups in total. The molecule has 0 bridgehead atoms. The average molecular weight is 655 g/mol. The van der Waals surface area contributed by atoms with E-state index in [1.807, 2.05) is 24.3 Å². The number of aromatic nitrogens is 2. The van der Waals surface area contributed by atoms with Crippen LogP contribution in [0.3, 0.4) is 0 Å². The van der Waals surface area contributed by atoms with Gasteiger partial charge in [0, 0.05) is 50.7 Å². The third-order valence-electron chi connectivity index (χ3n) is 10.6. The molecule has 0 amide bonds. The Kier molecular flexibility index (Phi) is 6.05. The van der Waals surface area contributed by atoms with Crippen LogP contribution in [-0.4, -0.2) is 9.55 Å². The minimum absolute atomic E-state index is 0.209. The van der Waals surface area contributed by atoms with Crippen LogP contribution in [0.4, 0.5) is 0 Å². The number of hydrogen-bond donors (Lipinski definition) is 0. The molecular weight excluding hydrogens is 625 g/mol. The molecule has 3 aromatic heterocycles. The summed E-state index contributed by atoms with van der Waals surface area (Å²) in [6, 6.07) is 48.8. The number of para-hydroxylation sites is 2. The van der Waals surface area contributed by atoms with Crippen LogP contribution in [0.25, 0.3) is 83.9 Å². The van der Waals surface area contributed by atoms with Crippen molar-refractivity contribution >= 4 is 55.6 Å².